The second kappa shape index (κ2) is 5.80. The van der Waals surface area contributed by atoms with E-state index in [2.05, 4.69) is 10.5 Å². The van der Waals surface area contributed by atoms with Crippen LogP contribution in [0.25, 0.3) is 0 Å². The lowest BCUT2D eigenvalue weighted by molar-refractivity contribution is -0.0959. The first-order chi connectivity index (χ1) is 9.72. The quantitative estimate of drug-likeness (QED) is 0.891. The third-order valence-electron chi connectivity index (χ3n) is 3.64. The molecule has 1 aromatic heterocycles. The highest BCUT2D eigenvalue weighted by molar-refractivity contribution is 5.88. The normalized spacial score (nSPS) is 24.1. The number of carbonyl (C=O) groups excluding carboxylic acids is 1. The number of hydrogen-bond acceptors (Lipinski definition) is 5. The molecule has 2 aliphatic heterocycles. The fourth-order valence-electron chi connectivity index (χ4n) is 2.68. The third-order valence-corrected chi connectivity index (χ3v) is 3.64. The largest absolute Gasteiger partial charge is 0.360 e. The molecule has 1 aromatic rings. The Kier molecular flexibility index (Phi) is 3.88. The third kappa shape index (κ3) is 2.94. The van der Waals surface area contributed by atoms with E-state index in [1.165, 1.54) is 0 Å². The minimum atomic E-state index is -0.167. The SMILES string of the molecule is Cc1cc(NC(=O)N2CCCC(C3OCCO3)C2)no1. The number of ether oxygens (including phenoxy) is 2. The van der Waals surface area contributed by atoms with E-state index in [1.54, 1.807) is 17.9 Å². The summed E-state index contributed by atoms with van der Waals surface area (Å²) in [5.74, 6) is 1.36. The van der Waals surface area contributed by atoms with Gasteiger partial charge in [-0.25, -0.2) is 4.79 Å². The monoisotopic (exact) mass is 281 g/mol. The van der Waals surface area contributed by atoms with Gasteiger partial charge in [0.1, 0.15) is 5.76 Å². The van der Waals surface area contributed by atoms with Crippen LogP contribution in [-0.2, 0) is 9.47 Å². The van der Waals surface area contributed by atoms with E-state index in [-0.39, 0.29) is 18.2 Å². The van der Waals surface area contributed by atoms with Crippen LogP contribution in [0.15, 0.2) is 10.6 Å². The van der Waals surface area contributed by atoms with Crippen LogP contribution >= 0.6 is 0 Å². The van der Waals surface area contributed by atoms with Crippen molar-refractivity contribution in [3.05, 3.63) is 11.8 Å². The van der Waals surface area contributed by atoms with Crippen molar-refractivity contribution < 1.29 is 18.8 Å². The lowest BCUT2D eigenvalue weighted by atomic mass is 9.98. The van der Waals surface area contributed by atoms with E-state index in [0.29, 0.717) is 31.3 Å². The molecule has 3 rings (SSSR count). The Labute approximate surface area is 117 Å². The highest BCUT2D eigenvalue weighted by Gasteiger charge is 2.32. The van der Waals surface area contributed by atoms with Crippen LogP contribution in [0.4, 0.5) is 10.6 Å². The van der Waals surface area contributed by atoms with Gasteiger partial charge in [-0.05, 0) is 19.8 Å². The number of hydrogen-bond donors (Lipinski definition) is 1. The Hall–Kier alpha value is -1.60. The van der Waals surface area contributed by atoms with Gasteiger partial charge in [-0.1, -0.05) is 5.16 Å². The molecule has 2 saturated heterocycles. The number of aryl methyl sites for hydroxylation is 1. The predicted octanol–water partition coefficient (Wildman–Crippen LogP) is 1.60. The van der Waals surface area contributed by atoms with E-state index in [1.807, 2.05) is 0 Å². The summed E-state index contributed by atoms with van der Waals surface area (Å²) in [7, 11) is 0. The maximum atomic E-state index is 12.2. The Morgan fingerprint density at radius 2 is 2.25 bits per heavy atom. The van der Waals surface area contributed by atoms with Crippen LogP contribution in [0.3, 0.4) is 0 Å². The molecule has 0 bridgehead atoms. The molecular formula is C13H19N3O4. The number of urea groups is 1. The van der Waals surface area contributed by atoms with Crippen molar-refractivity contribution in [2.75, 3.05) is 31.6 Å². The Bertz CT molecular complexity index is 470. The molecule has 1 unspecified atom stereocenters. The average Bonchev–Trinajstić information content (AvgIpc) is 3.11. The van der Waals surface area contributed by atoms with Gasteiger partial charge in [0.2, 0.25) is 0 Å². The van der Waals surface area contributed by atoms with Crippen LogP contribution in [0.2, 0.25) is 0 Å². The fourth-order valence-corrected chi connectivity index (χ4v) is 2.68. The van der Waals surface area contributed by atoms with Crippen molar-refractivity contribution >= 4 is 11.8 Å². The summed E-state index contributed by atoms with van der Waals surface area (Å²) in [6.45, 7) is 4.46. The van der Waals surface area contributed by atoms with Gasteiger partial charge in [-0.15, -0.1) is 0 Å². The topological polar surface area (TPSA) is 76.8 Å². The first kappa shape index (κ1) is 13.4. The predicted molar refractivity (Wildman–Crippen MR) is 70.2 cm³/mol. The van der Waals surface area contributed by atoms with Gasteiger partial charge in [0.15, 0.2) is 12.1 Å². The van der Waals surface area contributed by atoms with Gasteiger partial charge >= 0.3 is 6.03 Å². The fraction of sp³-hybridized carbons (Fsp3) is 0.692. The summed E-state index contributed by atoms with van der Waals surface area (Å²) in [4.78, 5) is 14.0. The molecule has 7 heteroatoms. The van der Waals surface area contributed by atoms with Crippen LogP contribution in [0.1, 0.15) is 18.6 Å². The summed E-state index contributed by atoms with van der Waals surface area (Å²) in [6.07, 6.45) is 1.82. The molecule has 1 N–H and O–H groups in total. The van der Waals surface area contributed by atoms with Crippen LogP contribution in [0, 0.1) is 12.8 Å². The van der Waals surface area contributed by atoms with Crippen LogP contribution in [-0.4, -0.2) is 48.7 Å². The molecule has 2 amide bonds. The highest BCUT2D eigenvalue weighted by Crippen LogP contribution is 2.25. The van der Waals surface area contributed by atoms with Gasteiger partial charge in [-0.2, -0.15) is 0 Å². The van der Waals surface area contributed by atoms with E-state index < -0.39 is 0 Å². The number of anilines is 1. The molecule has 0 aromatic carbocycles. The average molecular weight is 281 g/mol. The standard InChI is InChI=1S/C13H19N3O4/c1-9-7-11(15-20-9)14-13(17)16-4-2-3-10(8-16)12-18-5-6-19-12/h7,10,12H,2-6,8H2,1H3,(H,14,15,17). The van der Waals surface area contributed by atoms with Gasteiger partial charge < -0.3 is 18.9 Å². The summed E-state index contributed by atoms with van der Waals surface area (Å²) < 4.78 is 16.0. The Morgan fingerprint density at radius 1 is 1.45 bits per heavy atom. The molecule has 2 aliphatic rings. The van der Waals surface area contributed by atoms with Crippen molar-refractivity contribution in [3.63, 3.8) is 0 Å². The zero-order chi connectivity index (χ0) is 13.9. The molecule has 3 heterocycles. The molecule has 110 valence electrons. The van der Waals surface area contributed by atoms with Crippen molar-refractivity contribution in [3.8, 4) is 0 Å². The molecule has 0 radical (unpaired) electrons. The highest BCUT2D eigenvalue weighted by atomic mass is 16.7. The lowest BCUT2D eigenvalue weighted by Crippen LogP contribution is -2.45. The van der Waals surface area contributed by atoms with Gasteiger partial charge in [-0.3, -0.25) is 5.32 Å². The Morgan fingerprint density at radius 3 is 2.95 bits per heavy atom. The second-order valence-electron chi connectivity index (χ2n) is 5.21. The Balaban J connectivity index is 1.57. The smallest absolute Gasteiger partial charge is 0.323 e. The number of aromatic nitrogens is 1. The van der Waals surface area contributed by atoms with Crippen molar-refractivity contribution in [1.29, 1.82) is 0 Å². The molecule has 0 saturated carbocycles. The zero-order valence-electron chi connectivity index (χ0n) is 11.5. The minimum Gasteiger partial charge on any atom is -0.360 e. The molecule has 7 nitrogen and oxygen atoms in total. The molecule has 2 fully saturated rings. The number of piperidine rings is 1. The first-order valence-electron chi connectivity index (χ1n) is 6.95. The molecule has 20 heavy (non-hydrogen) atoms. The second-order valence-corrected chi connectivity index (χ2v) is 5.21. The summed E-state index contributed by atoms with van der Waals surface area (Å²) >= 11 is 0. The number of nitrogens with one attached hydrogen (secondary N) is 1. The van der Waals surface area contributed by atoms with Gasteiger partial charge in [0, 0.05) is 25.1 Å². The van der Waals surface area contributed by atoms with E-state index >= 15 is 0 Å². The van der Waals surface area contributed by atoms with Gasteiger partial charge in [0.05, 0.1) is 13.2 Å². The number of rotatable bonds is 2. The van der Waals surface area contributed by atoms with Crippen molar-refractivity contribution in [1.82, 2.24) is 10.1 Å². The first-order valence-corrected chi connectivity index (χ1v) is 6.95. The van der Waals surface area contributed by atoms with E-state index in [4.69, 9.17) is 14.0 Å². The zero-order valence-corrected chi connectivity index (χ0v) is 11.5. The maximum Gasteiger partial charge on any atom is 0.323 e. The van der Waals surface area contributed by atoms with Crippen molar-refractivity contribution in [2.45, 2.75) is 26.1 Å². The molecule has 0 spiro atoms. The van der Waals surface area contributed by atoms with E-state index in [0.717, 1.165) is 19.4 Å². The summed E-state index contributed by atoms with van der Waals surface area (Å²) in [6, 6.07) is 1.55. The van der Waals surface area contributed by atoms with Crippen LogP contribution < -0.4 is 5.32 Å². The number of carbonyl (C=O) groups is 1. The summed E-state index contributed by atoms with van der Waals surface area (Å²) in [5, 5.41) is 6.51. The summed E-state index contributed by atoms with van der Waals surface area (Å²) in [5.41, 5.74) is 0. The molecule has 1 atom stereocenters. The maximum absolute atomic E-state index is 12.2. The number of likely N-dealkylation sites (tertiary alicyclic amines) is 1. The van der Waals surface area contributed by atoms with Crippen LogP contribution in [0.5, 0.6) is 0 Å². The van der Waals surface area contributed by atoms with Crippen molar-refractivity contribution in [2.24, 2.45) is 5.92 Å². The molecule has 0 aliphatic carbocycles. The van der Waals surface area contributed by atoms with E-state index in [9.17, 15) is 4.79 Å². The minimum absolute atomic E-state index is 0.152. The lowest BCUT2D eigenvalue weighted by Gasteiger charge is -2.34. The molecular weight excluding hydrogens is 262 g/mol. The number of amides is 2. The number of nitrogens with zero attached hydrogens (tertiary/aromatic N) is 2. The van der Waals surface area contributed by atoms with Gasteiger partial charge in [0.25, 0.3) is 0 Å².